The van der Waals surface area contributed by atoms with Crippen molar-refractivity contribution >= 4 is 17.6 Å². The van der Waals surface area contributed by atoms with Crippen LogP contribution in [0, 0.1) is 13.8 Å². The van der Waals surface area contributed by atoms with Crippen LogP contribution in [0.4, 0.5) is 0 Å². The van der Waals surface area contributed by atoms with E-state index in [1.807, 2.05) is 6.92 Å². The van der Waals surface area contributed by atoms with Crippen molar-refractivity contribution in [2.45, 2.75) is 20.5 Å². The number of benzene rings is 1. The van der Waals surface area contributed by atoms with Gasteiger partial charge in [0.25, 0.3) is 11.8 Å². The average Bonchev–Trinajstić information content (AvgIpc) is 3.17. The highest BCUT2D eigenvalue weighted by Gasteiger charge is 2.15. The quantitative estimate of drug-likeness (QED) is 0.617. The first-order valence-electron chi connectivity index (χ1n) is 7.45. The minimum Gasteiger partial charge on any atom is -0.482 e. The lowest BCUT2D eigenvalue weighted by Crippen LogP contribution is -2.14. The Hall–Kier alpha value is -2.80. The zero-order valence-corrected chi connectivity index (χ0v) is 14.4. The van der Waals surface area contributed by atoms with Crippen LogP contribution < -0.4 is 4.74 Å². The van der Waals surface area contributed by atoms with E-state index in [9.17, 15) is 4.79 Å². The maximum atomic E-state index is 11.7. The molecule has 25 heavy (non-hydrogen) atoms. The first-order valence-corrected chi connectivity index (χ1v) is 7.83. The molecule has 0 aliphatic rings. The highest BCUT2D eigenvalue weighted by Crippen LogP contribution is 2.25. The molecule has 0 aliphatic carbocycles. The molecular formula is C17H15ClN2O5. The number of halogens is 1. The largest absolute Gasteiger partial charge is 0.482 e. The van der Waals surface area contributed by atoms with Gasteiger partial charge in [-0.3, -0.25) is 0 Å². The number of aryl methyl sites for hydroxylation is 2. The molecule has 0 amide bonds. The van der Waals surface area contributed by atoms with Crippen molar-refractivity contribution < 1.29 is 23.1 Å². The van der Waals surface area contributed by atoms with Crippen molar-refractivity contribution in [3.63, 3.8) is 0 Å². The summed E-state index contributed by atoms with van der Waals surface area (Å²) in [6, 6.07) is 8.54. The Balaban J connectivity index is 1.52. The Morgan fingerprint density at radius 3 is 2.76 bits per heavy atom. The van der Waals surface area contributed by atoms with Gasteiger partial charge in [0.05, 0.1) is 5.56 Å². The molecule has 7 nitrogen and oxygen atoms in total. The number of aromatic nitrogens is 2. The Bertz CT molecular complexity index is 887. The predicted molar refractivity (Wildman–Crippen MR) is 88.2 cm³/mol. The van der Waals surface area contributed by atoms with E-state index < -0.39 is 5.97 Å². The molecule has 2 heterocycles. The molecule has 0 unspecified atom stereocenters. The van der Waals surface area contributed by atoms with Crippen LogP contribution in [0.25, 0.3) is 11.5 Å². The molecule has 0 bridgehead atoms. The third kappa shape index (κ3) is 4.39. The molecule has 2 aromatic heterocycles. The molecule has 3 rings (SSSR count). The lowest BCUT2D eigenvalue weighted by molar-refractivity contribution is -0.148. The third-order valence-corrected chi connectivity index (χ3v) is 3.48. The summed E-state index contributed by atoms with van der Waals surface area (Å²) in [5.41, 5.74) is 0.715. The number of carbonyl (C=O) groups excluding carboxylic acids is 1. The van der Waals surface area contributed by atoms with Gasteiger partial charge in [0.15, 0.2) is 13.2 Å². The molecule has 0 radical (unpaired) electrons. The Morgan fingerprint density at radius 1 is 1.20 bits per heavy atom. The first kappa shape index (κ1) is 17.0. The highest BCUT2D eigenvalue weighted by atomic mass is 35.5. The Morgan fingerprint density at radius 2 is 2.04 bits per heavy atom. The summed E-state index contributed by atoms with van der Waals surface area (Å²) in [5, 5.41) is 8.30. The van der Waals surface area contributed by atoms with E-state index >= 15 is 0 Å². The van der Waals surface area contributed by atoms with Crippen LogP contribution in [-0.2, 0) is 16.1 Å². The van der Waals surface area contributed by atoms with Crippen LogP contribution in [0.3, 0.4) is 0 Å². The van der Waals surface area contributed by atoms with Crippen molar-refractivity contribution in [3.05, 3.63) is 52.8 Å². The lowest BCUT2D eigenvalue weighted by atomic mass is 10.2. The predicted octanol–water partition coefficient (Wildman–Crippen LogP) is 3.72. The fourth-order valence-electron chi connectivity index (χ4n) is 2.15. The zero-order valence-electron chi connectivity index (χ0n) is 13.6. The van der Waals surface area contributed by atoms with Crippen LogP contribution >= 0.6 is 11.6 Å². The van der Waals surface area contributed by atoms with Gasteiger partial charge in [-0.1, -0.05) is 17.7 Å². The van der Waals surface area contributed by atoms with Gasteiger partial charge in [-0.25, -0.2) is 4.79 Å². The number of esters is 1. The fraction of sp³-hybridized carbons (Fsp3) is 0.235. The van der Waals surface area contributed by atoms with E-state index in [0.717, 1.165) is 5.76 Å². The summed E-state index contributed by atoms with van der Waals surface area (Å²) in [7, 11) is 0. The average molecular weight is 363 g/mol. The Labute approximate surface area is 148 Å². The first-order chi connectivity index (χ1) is 12.0. The third-order valence-electron chi connectivity index (χ3n) is 3.25. The summed E-state index contributed by atoms with van der Waals surface area (Å²) in [5.74, 6) is 1.85. The van der Waals surface area contributed by atoms with E-state index in [2.05, 4.69) is 10.2 Å². The minimum absolute atomic E-state index is 0.138. The summed E-state index contributed by atoms with van der Waals surface area (Å²) in [6.07, 6.45) is 0. The molecule has 1 aromatic carbocycles. The van der Waals surface area contributed by atoms with Crippen LogP contribution in [0.1, 0.15) is 17.4 Å². The second kappa shape index (κ2) is 7.40. The molecular weight excluding hydrogens is 348 g/mol. The summed E-state index contributed by atoms with van der Waals surface area (Å²) in [4.78, 5) is 11.7. The van der Waals surface area contributed by atoms with E-state index in [1.165, 1.54) is 0 Å². The van der Waals surface area contributed by atoms with Gasteiger partial charge in [-0.2, -0.15) is 0 Å². The molecule has 3 aromatic rings. The SMILES string of the molecule is Cc1cc(-c2nnc(COC(=O)COc3cccc(Cl)c3)o2)c(C)o1. The van der Waals surface area contributed by atoms with Crippen molar-refractivity contribution in [1.82, 2.24) is 10.2 Å². The maximum absolute atomic E-state index is 11.7. The van der Waals surface area contributed by atoms with Gasteiger partial charge in [0, 0.05) is 5.02 Å². The number of rotatable bonds is 6. The van der Waals surface area contributed by atoms with Crippen molar-refractivity contribution in [1.29, 1.82) is 0 Å². The topological polar surface area (TPSA) is 87.6 Å². The molecule has 0 aliphatic heterocycles. The minimum atomic E-state index is -0.560. The number of ether oxygens (including phenoxy) is 2. The van der Waals surface area contributed by atoms with Crippen molar-refractivity contribution in [2.75, 3.05) is 6.61 Å². The maximum Gasteiger partial charge on any atom is 0.344 e. The summed E-state index contributed by atoms with van der Waals surface area (Å²) >= 11 is 5.84. The Kier molecular flexibility index (Phi) is 5.04. The van der Waals surface area contributed by atoms with E-state index in [-0.39, 0.29) is 19.1 Å². The van der Waals surface area contributed by atoms with Crippen LogP contribution in [0.15, 0.2) is 39.2 Å². The number of carbonyl (C=O) groups is 1. The van der Waals surface area contributed by atoms with E-state index in [1.54, 1.807) is 37.3 Å². The number of nitrogens with zero attached hydrogens (tertiary/aromatic N) is 2. The molecule has 8 heteroatoms. The molecule has 130 valence electrons. The van der Waals surface area contributed by atoms with Gasteiger partial charge < -0.3 is 18.3 Å². The lowest BCUT2D eigenvalue weighted by Gasteiger charge is -2.05. The van der Waals surface area contributed by atoms with Gasteiger partial charge in [-0.05, 0) is 38.1 Å². The van der Waals surface area contributed by atoms with Crippen LogP contribution in [-0.4, -0.2) is 22.8 Å². The zero-order chi connectivity index (χ0) is 17.8. The van der Waals surface area contributed by atoms with Gasteiger partial charge in [0.1, 0.15) is 17.3 Å². The van der Waals surface area contributed by atoms with E-state index in [0.29, 0.717) is 28.0 Å². The molecule has 0 saturated carbocycles. The second-order valence-corrected chi connectivity index (χ2v) is 5.67. The van der Waals surface area contributed by atoms with Crippen molar-refractivity contribution in [2.24, 2.45) is 0 Å². The number of furan rings is 1. The fourth-order valence-corrected chi connectivity index (χ4v) is 2.33. The van der Waals surface area contributed by atoms with Crippen LogP contribution in [0.5, 0.6) is 5.75 Å². The molecule has 0 atom stereocenters. The van der Waals surface area contributed by atoms with Crippen molar-refractivity contribution in [3.8, 4) is 17.2 Å². The van der Waals surface area contributed by atoms with Gasteiger partial charge in [-0.15, -0.1) is 10.2 Å². The smallest absolute Gasteiger partial charge is 0.344 e. The summed E-state index contributed by atoms with van der Waals surface area (Å²) < 4.78 is 21.2. The number of hydrogen-bond acceptors (Lipinski definition) is 7. The molecule has 0 spiro atoms. The van der Waals surface area contributed by atoms with Gasteiger partial charge >= 0.3 is 5.97 Å². The molecule has 0 saturated heterocycles. The second-order valence-electron chi connectivity index (χ2n) is 5.23. The van der Waals surface area contributed by atoms with Gasteiger partial charge in [0.2, 0.25) is 0 Å². The summed E-state index contributed by atoms with van der Waals surface area (Å²) in [6.45, 7) is 3.25. The number of hydrogen-bond donors (Lipinski definition) is 0. The monoisotopic (exact) mass is 362 g/mol. The van der Waals surface area contributed by atoms with E-state index in [4.69, 9.17) is 29.9 Å². The standard InChI is InChI=1S/C17H15ClN2O5/c1-10-6-14(11(2)24-10)17-20-19-15(25-17)8-23-16(21)9-22-13-5-3-4-12(18)7-13/h3-7H,8-9H2,1-2H3. The van der Waals surface area contributed by atoms with Crippen LogP contribution in [0.2, 0.25) is 5.02 Å². The highest BCUT2D eigenvalue weighted by molar-refractivity contribution is 6.30. The molecule has 0 fully saturated rings. The molecule has 0 N–H and O–H groups in total. The normalized spacial score (nSPS) is 10.7.